The van der Waals surface area contributed by atoms with Gasteiger partial charge in [-0.15, -0.1) is 0 Å². The van der Waals surface area contributed by atoms with Gasteiger partial charge in [0, 0.05) is 18.3 Å². The Balaban J connectivity index is 1.83. The van der Waals surface area contributed by atoms with E-state index < -0.39 is 0 Å². The van der Waals surface area contributed by atoms with Gasteiger partial charge in [-0.2, -0.15) is 15.2 Å². The normalized spacial score (nSPS) is 15.6. The zero-order valence-corrected chi connectivity index (χ0v) is 14.6. The first-order chi connectivity index (χ1) is 12.6. The number of benzene rings is 2. The number of carbonyl (C=O) groups is 1. The number of carbonyl (C=O) groups excluding carboxylic acids is 1. The maximum absolute atomic E-state index is 13.1. The molecule has 0 fully saturated rings. The van der Waals surface area contributed by atoms with Crippen LogP contribution in [0.25, 0.3) is 6.08 Å². The van der Waals surface area contributed by atoms with Crippen molar-refractivity contribution in [3.8, 4) is 0 Å². The summed E-state index contributed by atoms with van der Waals surface area (Å²) in [7, 11) is 1.89. The number of aryl methyl sites for hydroxylation is 2. The molecule has 0 aliphatic carbocycles. The maximum atomic E-state index is 13.1. The van der Waals surface area contributed by atoms with Gasteiger partial charge in [-0.3, -0.25) is 9.48 Å². The molecule has 3 aromatic rings. The van der Waals surface area contributed by atoms with Crippen LogP contribution in [0.15, 0.2) is 77.4 Å². The molecule has 0 radical (unpaired) electrons. The highest BCUT2D eigenvalue weighted by molar-refractivity contribution is 6.37. The van der Waals surface area contributed by atoms with Gasteiger partial charge in [0.05, 0.1) is 17.0 Å². The van der Waals surface area contributed by atoms with E-state index in [1.807, 2.05) is 86.8 Å². The van der Waals surface area contributed by atoms with E-state index in [9.17, 15) is 4.79 Å². The zero-order chi connectivity index (χ0) is 18.1. The van der Waals surface area contributed by atoms with E-state index in [1.165, 1.54) is 5.01 Å². The molecule has 0 spiro atoms. The van der Waals surface area contributed by atoms with E-state index in [4.69, 9.17) is 0 Å². The lowest BCUT2D eigenvalue weighted by Crippen LogP contribution is -2.21. The van der Waals surface area contributed by atoms with E-state index in [-0.39, 0.29) is 5.91 Å². The Kier molecular flexibility index (Phi) is 3.97. The molecular weight excluding hydrogens is 324 g/mol. The van der Waals surface area contributed by atoms with E-state index >= 15 is 0 Å². The van der Waals surface area contributed by atoms with Crippen molar-refractivity contribution in [2.75, 3.05) is 5.01 Å². The van der Waals surface area contributed by atoms with Gasteiger partial charge in [-0.1, -0.05) is 48.5 Å². The van der Waals surface area contributed by atoms with Crippen LogP contribution in [0.2, 0.25) is 0 Å². The third kappa shape index (κ3) is 2.84. The van der Waals surface area contributed by atoms with Crippen molar-refractivity contribution >= 4 is 23.4 Å². The van der Waals surface area contributed by atoms with Crippen LogP contribution in [-0.2, 0) is 11.8 Å². The molecule has 2 aromatic carbocycles. The van der Waals surface area contributed by atoms with Crippen LogP contribution in [0, 0.1) is 6.92 Å². The van der Waals surface area contributed by atoms with E-state index in [0.29, 0.717) is 11.3 Å². The van der Waals surface area contributed by atoms with Crippen molar-refractivity contribution in [3.05, 3.63) is 89.3 Å². The molecule has 4 rings (SSSR count). The highest BCUT2D eigenvalue weighted by Gasteiger charge is 2.32. The minimum atomic E-state index is -0.154. The summed E-state index contributed by atoms with van der Waals surface area (Å²) in [6, 6.07) is 21.1. The second kappa shape index (κ2) is 6.44. The molecule has 0 saturated heterocycles. The van der Waals surface area contributed by atoms with Crippen LogP contribution >= 0.6 is 0 Å². The highest BCUT2D eigenvalue weighted by atomic mass is 16.2. The second-order valence-electron chi connectivity index (χ2n) is 6.16. The summed E-state index contributed by atoms with van der Waals surface area (Å²) in [6.45, 7) is 1.98. The van der Waals surface area contributed by atoms with Crippen molar-refractivity contribution in [1.29, 1.82) is 0 Å². The Labute approximate surface area is 151 Å². The first kappa shape index (κ1) is 16.0. The van der Waals surface area contributed by atoms with Gasteiger partial charge < -0.3 is 0 Å². The number of hydrogen-bond donors (Lipinski definition) is 0. The van der Waals surface area contributed by atoms with Crippen molar-refractivity contribution in [1.82, 2.24) is 9.78 Å². The number of aromatic nitrogens is 2. The topological polar surface area (TPSA) is 50.5 Å². The van der Waals surface area contributed by atoms with Crippen LogP contribution in [0.4, 0.5) is 5.69 Å². The Bertz CT molecular complexity index is 997. The van der Waals surface area contributed by atoms with Crippen LogP contribution in [-0.4, -0.2) is 21.4 Å². The number of nitrogens with zero attached hydrogens (tertiary/aromatic N) is 4. The molecule has 0 N–H and O–H groups in total. The summed E-state index contributed by atoms with van der Waals surface area (Å²) in [5.41, 5.74) is 4.61. The fourth-order valence-corrected chi connectivity index (χ4v) is 2.90. The smallest absolute Gasteiger partial charge is 0.272 e. The quantitative estimate of drug-likeness (QED) is 0.683. The average Bonchev–Trinajstić information content (AvgIpc) is 3.16. The Morgan fingerprint density at radius 1 is 0.962 bits per heavy atom. The third-order valence-corrected chi connectivity index (χ3v) is 4.35. The molecule has 0 unspecified atom stereocenters. The molecular formula is C21H18N4O. The van der Waals surface area contributed by atoms with E-state index in [1.54, 1.807) is 4.68 Å². The Morgan fingerprint density at radius 3 is 2.23 bits per heavy atom. The van der Waals surface area contributed by atoms with Gasteiger partial charge in [0.25, 0.3) is 5.91 Å². The highest BCUT2D eigenvalue weighted by Crippen LogP contribution is 2.27. The van der Waals surface area contributed by atoms with Gasteiger partial charge in [-0.05, 0) is 31.2 Å². The Morgan fingerprint density at radius 2 is 1.62 bits per heavy atom. The lowest BCUT2D eigenvalue weighted by atomic mass is 10.0. The van der Waals surface area contributed by atoms with Crippen LogP contribution in [0.5, 0.6) is 0 Å². The van der Waals surface area contributed by atoms with Crippen molar-refractivity contribution < 1.29 is 4.79 Å². The first-order valence-corrected chi connectivity index (χ1v) is 8.40. The van der Waals surface area contributed by atoms with Gasteiger partial charge in [0.15, 0.2) is 0 Å². The minimum absolute atomic E-state index is 0.154. The molecule has 0 atom stereocenters. The maximum Gasteiger partial charge on any atom is 0.281 e. The van der Waals surface area contributed by atoms with Crippen LogP contribution in [0.1, 0.15) is 17.0 Å². The largest absolute Gasteiger partial charge is 0.281 e. The fraction of sp³-hybridized carbons (Fsp3) is 0.0952. The second-order valence-corrected chi connectivity index (χ2v) is 6.16. The van der Waals surface area contributed by atoms with Gasteiger partial charge in [-0.25, -0.2) is 0 Å². The summed E-state index contributed by atoms with van der Waals surface area (Å²) in [6.07, 6.45) is 1.81. The molecule has 0 bridgehead atoms. The van der Waals surface area contributed by atoms with Gasteiger partial charge in [0.1, 0.15) is 5.71 Å². The summed E-state index contributed by atoms with van der Waals surface area (Å²) < 4.78 is 1.79. The predicted molar refractivity (Wildman–Crippen MR) is 103 cm³/mol. The SMILES string of the molecule is Cc1cc(/C=C2/C(=O)N(c3ccccc3)N=C2c2ccccc2)nn1C. The molecule has 1 aliphatic rings. The van der Waals surface area contributed by atoms with E-state index in [2.05, 4.69) is 10.2 Å². The molecule has 0 saturated carbocycles. The van der Waals surface area contributed by atoms with Crippen molar-refractivity contribution in [2.45, 2.75) is 6.92 Å². The predicted octanol–water partition coefficient (Wildman–Crippen LogP) is 3.56. The lowest BCUT2D eigenvalue weighted by Gasteiger charge is -2.10. The summed E-state index contributed by atoms with van der Waals surface area (Å²) in [5.74, 6) is -0.154. The molecule has 2 heterocycles. The number of para-hydroxylation sites is 1. The molecule has 1 aliphatic heterocycles. The number of amides is 1. The summed E-state index contributed by atoms with van der Waals surface area (Å²) >= 11 is 0. The first-order valence-electron chi connectivity index (χ1n) is 8.40. The minimum Gasteiger partial charge on any atom is -0.272 e. The number of hydrogen-bond acceptors (Lipinski definition) is 3. The van der Waals surface area contributed by atoms with Crippen LogP contribution in [0.3, 0.4) is 0 Å². The standard InChI is InChI=1S/C21H18N4O/c1-15-13-17(22-24(15)2)14-19-20(16-9-5-3-6-10-16)23-25(21(19)26)18-11-7-4-8-12-18/h3-14H,1-2H3/b19-14+. The average molecular weight is 342 g/mol. The summed E-state index contributed by atoms with van der Waals surface area (Å²) in [5, 5.41) is 10.5. The fourth-order valence-electron chi connectivity index (χ4n) is 2.90. The molecule has 128 valence electrons. The number of hydrazone groups is 1. The third-order valence-electron chi connectivity index (χ3n) is 4.35. The molecule has 1 aromatic heterocycles. The Hall–Kier alpha value is -3.47. The van der Waals surface area contributed by atoms with Crippen LogP contribution < -0.4 is 5.01 Å². The molecule has 5 heteroatoms. The van der Waals surface area contributed by atoms with Gasteiger partial charge >= 0.3 is 0 Å². The monoisotopic (exact) mass is 342 g/mol. The molecule has 1 amide bonds. The number of anilines is 1. The van der Waals surface area contributed by atoms with Crippen molar-refractivity contribution in [2.24, 2.45) is 12.1 Å². The molecule has 26 heavy (non-hydrogen) atoms. The summed E-state index contributed by atoms with van der Waals surface area (Å²) in [4.78, 5) is 13.1. The number of rotatable bonds is 3. The lowest BCUT2D eigenvalue weighted by molar-refractivity contribution is -0.114. The molecule has 5 nitrogen and oxygen atoms in total. The zero-order valence-electron chi connectivity index (χ0n) is 14.6. The van der Waals surface area contributed by atoms with Gasteiger partial charge in [0.2, 0.25) is 0 Å². The van der Waals surface area contributed by atoms with E-state index in [0.717, 1.165) is 22.6 Å². The van der Waals surface area contributed by atoms with Crippen molar-refractivity contribution in [3.63, 3.8) is 0 Å².